The van der Waals surface area contributed by atoms with Crippen molar-refractivity contribution in [3.05, 3.63) is 30.1 Å². The van der Waals surface area contributed by atoms with Crippen LogP contribution in [0.25, 0.3) is 11.0 Å². The minimum atomic E-state index is -0.272. The van der Waals surface area contributed by atoms with Gasteiger partial charge in [-0.25, -0.2) is 9.78 Å². The molecule has 21 heavy (non-hydrogen) atoms. The Bertz CT molecular complexity index is 667. The van der Waals surface area contributed by atoms with Crippen molar-refractivity contribution in [2.24, 2.45) is 0 Å². The van der Waals surface area contributed by atoms with Gasteiger partial charge in [-0.3, -0.25) is 4.79 Å². The molecule has 2 aromatic rings. The van der Waals surface area contributed by atoms with Crippen LogP contribution in [0.3, 0.4) is 0 Å². The number of nitrogens with one attached hydrogen (secondary N) is 2. The van der Waals surface area contributed by atoms with Crippen LogP contribution < -0.4 is 5.32 Å². The van der Waals surface area contributed by atoms with E-state index in [9.17, 15) is 9.59 Å². The summed E-state index contributed by atoms with van der Waals surface area (Å²) in [6.07, 6.45) is 2.03. The molecule has 1 aliphatic heterocycles. The largest absolute Gasteiger partial charge is 0.448 e. The number of ether oxygens (including phenoxy) is 1. The predicted molar refractivity (Wildman–Crippen MR) is 76.0 cm³/mol. The molecule has 0 radical (unpaired) electrons. The Morgan fingerprint density at radius 2 is 2.38 bits per heavy atom. The summed E-state index contributed by atoms with van der Waals surface area (Å²) in [4.78, 5) is 32.0. The first-order valence-electron chi connectivity index (χ1n) is 6.87. The molecule has 110 valence electrons. The van der Waals surface area contributed by atoms with Gasteiger partial charge in [0.25, 0.3) is 5.91 Å². The second kappa shape index (κ2) is 5.82. The number of cyclic esters (lactones) is 1. The quantitative estimate of drug-likeness (QED) is 0.807. The smallest absolute Gasteiger partial charge is 0.409 e. The van der Waals surface area contributed by atoms with E-state index in [-0.39, 0.29) is 12.0 Å². The van der Waals surface area contributed by atoms with Gasteiger partial charge in [-0.05, 0) is 24.6 Å². The van der Waals surface area contributed by atoms with Gasteiger partial charge < -0.3 is 19.9 Å². The number of rotatable bonds is 5. The highest BCUT2D eigenvalue weighted by atomic mass is 16.6. The Hall–Kier alpha value is -2.57. The first-order chi connectivity index (χ1) is 10.2. The summed E-state index contributed by atoms with van der Waals surface area (Å²) in [6, 6.07) is 5.33. The standard InChI is InChI=1S/C14H16N4O3/c19-13(10-2-3-11-12(8-10)17-9-16-11)15-4-1-5-18-6-7-21-14(18)20/h2-3,8-9H,1,4-7H2,(H,15,19)(H,16,17). The van der Waals surface area contributed by atoms with Gasteiger partial charge in [0.1, 0.15) is 6.61 Å². The average Bonchev–Trinajstić information content (AvgIpc) is 3.11. The van der Waals surface area contributed by atoms with Crippen molar-refractivity contribution < 1.29 is 14.3 Å². The van der Waals surface area contributed by atoms with E-state index < -0.39 is 0 Å². The molecule has 1 aliphatic rings. The van der Waals surface area contributed by atoms with E-state index in [1.807, 2.05) is 0 Å². The van der Waals surface area contributed by atoms with E-state index in [0.717, 1.165) is 11.0 Å². The van der Waals surface area contributed by atoms with E-state index in [4.69, 9.17) is 4.74 Å². The van der Waals surface area contributed by atoms with Crippen molar-refractivity contribution in [3.8, 4) is 0 Å². The summed E-state index contributed by atoms with van der Waals surface area (Å²) in [5, 5.41) is 2.84. The number of benzene rings is 1. The van der Waals surface area contributed by atoms with Crippen LogP contribution in [0.15, 0.2) is 24.5 Å². The van der Waals surface area contributed by atoms with Crippen molar-refractivity contribution in [3.63, 3.8) is 0 Å². The van der Waals surface area contributed by atoms with Crippen LogP contribution in [0.1, 0.15) is 16.8 Å². The van der Waals surface area contributed by atoms with Crippen molar-refractivity contribution in [2.75, 3.05) is 26.2 Å². The summed E-state index contributed by atoms with van der Waals surface area (Å²) in [5.74, 6) is -0.129. The van der Waals surface area contributed by atoms with E-state index in [0.29, 0.717) is 38.2 Å². The molecular weight excluding hydrogens is 272 g/mol. The summed E-state index contributed by atoms with van der Waals surface area (Å²) in [6.45, 7) is 2.20. The van der Waals surface area contributed by atoms with Crippen molar-refractivity contribution in [1.82, 2.24) is 20.2 Å². The van der Waals surface area contributed by atoms with Gasteiger partial charge in [0, 0.05) is 18.7 Å². The molecule has 1 aromatic heterocycles. The number of hydrogen-bond donors (Lipinski definition) is 2. The number of imidazole rings is 1. The molecule has 2 heterocycles. The molecule has 1 fully saturated rings. The molecule has 0 aliphatic carbocycles. The number of fused-ring (bicyclic) bond motifs is 1. The molecule has 7 heteroatoms. The lowest BCUT2D eigenvalue weighted by Crippen LogP contribution is -2.30. The average molecular weight is 288 g/mol. The van der Waals surface area contributed by atoms with Gasteiger partial charge in [-0.2, -0.15) is 0 Å². The Kier molecular flexibility index (Phi) is 3.72. The fraction of sp³-hybridized carbons (Fsp3) is 0.357. The number of hydrogen-bond acceptors (Lipinski definition) is 4. The Morgan fingerprint density at radius 1 is 1.48 bits per heavy atom. The Labute approximate surface area is 121 Å². The van der Waals surface area contributed by atoms with Crippen LogP contribution in [0, 0.1) is 0 Å². The van der Waals surface area contributed by atoms with Crippen LogP contribution in [-0.2, 0) is 4.74 Å². The van der Waals surface area contributed by atoms with Crippen LogP contribution in [0.4, 0.5) is 4.79 Å². The predicted octanol–water partition coefficient (Wildman–Crippen LogP) is 1.13. The van der Waals surface area contributed by atoms with E-state index in [1.165, 1.54) is 0 Å². The van der Waals surface area contributed by atoms with Crippen molar-refractivity contribution in [1.29, 1.82) is 0 Å². The minimum Gasteiger partial charge on any atom is -0.448 e. The Balaban J connectivity index is 1.48. The van der Waals surface area contributed by atoms with Gasteiger partial charge in [0.2, 0.25) is 0 Å². The van der Waals surface area contributed by atoms with Crippen LogP contribution >= 0.6 is 0 Å². The topological polar surface area (TPSA) is 87.3 Å². The molecule has 2 N–H and O–H groups in total. The van der Waals surface area contributed by atoms with Gasteiger partial charge in [0.15, 0.2) is 0 Å². The fourth-order valence-electron chi connectivity index (χ4n) is 2.28. The number of aromatic amines is 1. The number of aromatic nitrogens is 2. The van der Waals surface area contributed by atoms with Crippen molar-refractivity contribution in [2.45, 2.75) is 6.42 Å². The molecule has 2 amide bonds. The van der Waals surface area contributed by atoms with E-state index in [2.05, 4.69) is 15.3 Å². The SMILES string of the molecule is O=C(NCCCN1CCOC1=O)c1ccc2nc[nH]c2c1. The van der Waals surface area contributed by atoms with Gasteiger partial charge in [0.05, 0.1) is 23.9 Å². The lowest BCUT2D eigenvalue weighted by atomic mass is 10.2. The second-order valence-electron chi connectivity index (χ2n) is 4.85. The highest BCUT2D eigenvalue weighted by Crippen LogP contribution is 2.11. The molecule has 0 atom stereocenters. The van der Waals surface area contributed by atoms with E-state index in [1.54, 1.807) is 29.4 Å². The third kappa shape index (κ3) is 2.96. The molecule has 7 nitrogen and oxygen atoms in total. The third-order valence-corrected chi connectivity index (χ3v) is 3.42. The Morgan fingerprint density at radius 3 is 3.19 bits per heavy atom. The molecule has 3 rings (SSSR count). The number of H-pyrrole nitrogens is 1. The maximum absolute atomic E-state index is 12.0. The lowest BCUT2D eigenvalue weighted by molar-refractivity contribution is 0.0952. The third-order valence-electron chi connectivity index (χ3n) is 3.42. The zero-order chi connectivity index (χ0) is 14.7. The number of carbonyl (C=O) groups is 2. The zero-order valence-corrected chi connectivity index (χ0v) is 11.5. The second-order valence-corrected chi connectivity index (χ2v) is 4.85. The summed E-state index contributed by atoms with van der Waals surface area (Å²) in [5.41, 5.74) is 2.26. The monoisotopic (exact) mass is 288 g/mol. The zero-order valence-electron chi connectivity index (χ0n) is 11.5. The van der Waals surface area contributed by atoms with Crippen LogP contribution in [0.2, 0.25) is 0 Å². The first kappa shape index (κ1) is 13.4. The van der Waals surface area contributed by atoms with Crippen molar-refractivity contribution >= 4 is 23.0 Å². The minimum absolute atomic E-state index is 0.129. The normalized spacial score (nSPS) is 14.5. The first-order valence-corrected chi connectivity index (χ1v) is 6.87. The van der Waals surface area contributed by atoms with Crippen LogP contribution in [0.5, 0.6) is 0 Å². The number of nitrogens with zero attached hydrogens (tertiary/aromatic N) is 2. The number of carbonyl (C=O) groups excluding carboxylic acids is 2. The molecule has 0 spiro atoms. The molecule has 0 unspecified atom stereocenters. The number of amides is 2. The van der Waals surface area contributed by atoms with Gasteiger partial charge in [-0.1, -0.05) is 0 Å². The molecule has 0 saturated carbocycles. The summed E-state index contributed by atoms with van der Waals surface area (Å²) >= 11 is 0. The maximum Gasteiger partial charge on any atom is 0.409 e. The molecule has 1 saturated heterocycles. The summed E-state index contributed by atoms with van der Waals surface area (Å²) in [7, 11) is 0. The van der Waals surface area contributed by atoms with Gasteiger partial charge in [-0.15, -0.1) is 0 Å². The van der Waals surface area contributed by atoms with E-state index >= 15 is 0 Å². The molecule has 0 bridgehead atoms. The fourth-order valence-corrected chi connectivity index (χ4v) is 2.28. The maximum atomic E-state index is 12.0. The summed E-state index contributed by atoms with van der Waals surface area (Å²) < 4.78 is 4.84. The highest BCUT2D eigenvalue weighted by Gasteiger charge is 2.20. The lowest BCUT2D eigenvalue weighted by Gasteiger charge is -2.12. The van der Waals surface area contributed by atoms with Crippen LogP contribution in [-0.4, -0.2) is 53.1 Å². The molecular formula is C14H16N4O3. The highest BCUT2D eigenvalue weighted by molar-refractivity contribution is 5.97. The van der Waals surface area contributed by atoms with Gasteiger partial charge >= 0.3 is 6.09 Å². The molecule has 1 aromatic carbocycles.